The first-order valence-electron chi connectivity index (χ1n) is 6.62. The predicted octanol–water partition coefficient (Wildman–Crippen LogP) is 2.33. The fourth-order valence-electron chi connectivity index (χ4n) is 2.44. The molecule has 1 heterocycles. The average molecular weight is 227 g/mol. The number of carbonyl (C=O) groups excluding carboxylic acids is 1. The normalized spacial score (nSPS) is 23.2. The molecule has 0 aromatic heterocycles. The summed E-state index contributed by atoms with van der Waals surface area (Å²) >= 11 is 0. The van der Waals surface area contributed by atoms with Crippen LogP contribution in [0.25, 0.3) is 0 Å². The van der Waals surface area contributed by atoms with Crippen LogP contribution in [-0.2, 0) is 4.79 Å². The second-order valence-corrected chi connectivity index (χ2v) is 4.93. The highest BCUT2D eigenvalue weighted by Gasteiger charge is 2.26. The monoisotopic (exact) mass is 227 g/mol. The van der Waals surface area contributed by atoms with Crippen molar-refractivity contribution in [3.05, 3.63) is 0 Å². The van der Waals surface area contributed by atoms with Gasteiger partial charge in [-0.25, -0.2) is 0 Å². The molecule has 1 N–H and O–H groups in total. The number of hydrogen-bond donors (Lipinski definition) is 1. The van der Waals surface area contributed by atoms with Crippen molar-refractivity contribution in [1.29, 1.82) is 0 Å². The van der Waals surface area contributed by atoms with Crippen LogP contribution < -0.4 is 0 Å². The highest BCUT2D eigenvalue weighted by atomic mass is 16.3. The standard InChI is InChI=1S/C13H25NO2/c1-3-4-8-13(16)14-9-6-5-7-12(14)10-11(2)15/h11-12,15H,3-10H2,1-2H3. The van der Waals surface area contributed by atoms with Crippen LogP contribution in [0.4, 0.5) is 0 Å². The molecule has 1 rings (SSSR count). The fourth-order valence-corrected chi connectivity index (χ4v) is 2.44. The lowest BCUT2D eigenvalue weighted by Crippen LogP contribution is -2.44. The fraction of sp³-hybridized carbons (Fsp3) is 0.923. The summed E-state index contributed by atoms with van der Waals surface area (Å²) in [5.41, 5.74) is 0. The minimum atomic E-state index is -0.301. The Balaban J connectivity index is 2.48. The molecule has 0 radical (unpaired) electrons. The van der Waals surface area contributed by atoms with Gasteiger partial charge >= 0.3 is 0 Å². The molecule has 1 aliphatic rings. The lowest BCUT2D eigenvalue weighted by molar-refractivity contribution is -0.135. The van der Waals surface area contributed by atoms with Crippen molar-refractivity contribution in [2.24, 2.45) is 0 Å². The molecule has 0 saturated carbocycles. The van der Waals surface area contributed by atoms with Crippen LogP contribution in [0.2, 0.25) is 0 Å². The van der Waals surface area contributed by atoms with E-state index in [0.717, 1.165) is 38.6 Å². The molecule has 0 aromatic rings. The van der Waals surface area contributed by atoms with Crippen molar-refractivity contribution in [2.75, 3.05) is 6.54 Å². The number of aliphatic hydroxyl groups is 1. The van der Waals surface area contributed by atoms with Crippen molar-refractivity contribution in [2.45, 2.75) is 70.9 Å². The molecule has 16 heavy (non-hydrogen) atoms. The van der Waals surface area contributed by atoms with Gasteiger partial charge in [0, 0.05) is 19.0 Å². The quantitative estimate of drug-likeness (QED) is 0.783. The average Bonchev–Trinajstić information content (AvgIpc) is 2.26. The molecule has 0 bridgehead atoms. The zero-order valence-corrected chi connectivity index (χ0v) is 10.6. The summed E-state index contributed by atoms with van der Waals surface area (Å²) in [6, 6.07) is 0.276. The smallest absolute Gasteiger partial charge is 0.222 e. The maximum absolute atomic E-state index is 12.0. The van der Waals surface area contributed by atoms with E-state index in [2.05, 4.69) is 6.92 Å². The Hall–Kier alpha value is -0.570. The van der Waals surface area contributed by atoms with Gasteiger partial charge in [-0.2, -0.15) is 0 Å². The first kappa shape index (κ1) is 13.5. The summed E-state index contributed by atoms with van der Waals surface area (Å²) in [4.78, 5) is 14.0. The third-order valence-corrected chi connectivity index (χ3v) is 3.30. The third-order valence-electron chi connectivity index (χ3n) is 3.30. The van der Waals surface area contributed by atoms with Crippen LogP contribution >= 0.6 is 0 Å². The summed E-state index contributed by atoms with van der Waals surface area (Å²) in [6.45, 7) is 4.81. The van der Waals surface area contributed by atoms with Crippen molar-refractivity contribution in [1.82, 2.24) is 4.90 Å². The lowest BCUT2D eigenvalue weighted by atomic mass is 9.96. The number of likely N-dealkylation sites (tertiary alicyclic amines) is 1. The van der Waals surface area contributed by atoms with E-state index in [4.69, 9.17) is 0 Å². The Bertz CT molecular complexity index is 216. The number of carbonyl (C=O) groups is 1. The molecule has 1 saturated heterocycles. The van der Waals surface area contributed by atoms with Gasteiger partial charge in [0.25, 0.3) is 0 Å². The van der Waals surface area contributed by atoms with Crippen molar-refractivity contribution in [3.8, 4) is 0 Å². The van der Waals surface area contributed by atoms with Gasteiger partial charge in [-0.1, -0.05) is 13.3 Å². The van der Waals surface area contributed by atoms with Crippen molar-refractivity contribution >= 4 is 5.91 Å². The van der Waals surface area contributed by atoms with Crippen molar-refractivity contribution < 1.29 is 9.90 Å². The van der Waals surface area contributed by atoms with E-state index in [9.17, 15) is 9.90 Å². The number of piperidine rings is 1. The highest BCUT2D eigenvalue weighted by molar-refractivity contribution is 5.76. The summed E-state index contributed by atoms with van der Waals surface area (Å²) in [5, 5.41) is 9.44. The molecule has 2 unspecified atom stereocenters. The maximum Gasteiger partial charge on any atom is 0.222 e. The molecule has 94 valence electrons. The number of amides is 1. The Kier molecular flexibility index (Phi) is 5.81. The second kappa shape index (κ2) is 6.89. The zero-order valence-electron chi connectivity index (χ0n) is 10.6. The molecule has 1 amide bonds. The van der Waals surface area contributed by atoms with E-state index in [-0.39, 0.29) is 18.1 Å². The number of nitrogens with zero attached hydrogens (tertiary/aromatic N) is 1. The van der Waals surface area contributed by atoms with Gasteiger partial charge in [-0.05, 0) is 39.0 Å². The van der Waals surface area contributed by atoms with Crippen LogP contribution in [0.1, 0.15) is 58.8 Å². The molecular weight excluding hydrogens is 202 g/mol. The Labute approximate surface area is 98.8 Å². The molecule has 0 aliphatic carbocycles. The van der Waals surface area contributed by atoms with E-state index < -0.39 is 0 Å². The van der Waals surface area contributed by atoms with E-state index in [1.165, 1.54) is 6.42 Å². The Morgan fingerprint density at radius 2 is 2.25 bits per heavy atom. The highest BCUT2D eigenvalue weighted by Crippen LogP contribution is 2.22. The molecule has 2 atom stereocenters. The van der Waals surface area contributed by atoms with Crippen LogP contribution in [0.5, 0.6) is 0 Å². The molecule has 3 nitrogen and oxygen atoms in total. The number of unbranched alkanes of at least 4 members (excludes halogenated alkanes) is 1. The second-order valence-electron chi connectivity index (χ2n) is 4.93. The largest absolute Gasteiger partial charge is 0.393 e. The maximum atomic E-state index is 12.0. The summed E-state index contributed by atoms with van der Waals surface area (Å²) in [6.07, 6.45) is 6.53. The van der Waals surface area contributed by atoms with Crippen LogP contribution in [0.3, 0.4) is 0 Å². The zero-order chi connectivity index (χ0) is 12.0. The van der Waals surface area contributed by atoms with Gasteiger partial charge in [0.2, 0.25) is 5.91 Å². The topological polar surface area (TPSA) is 40.5 Å². The van der Waals surface area contributed by atoms with Gasteiger partial charge < -0.3 is 10.0 Å². The SMILES string of the molecule is CCCCC(=O)N1CCCCC1CC(C)O. The number of aliphatic hydroxyl groups excluding tert-OH is 1. The minimum absolute atomic E-state index is 0.276. The van der Waals surface area contributed by atoms with Crippen LogP contribution in [0, 0.1) is 0 Å². The Morgan fingerprint density at radius 3 is 2.88 bits per heavy atom. The predicted molar refractivity (Wildman–Crippen MR) is 65.2 cm³/mol. The van der Waals surface area contributed by atoms with Gasteiger partial charge in [-0.3, -0.25) is 4.79 Å². The first-order chi connectivity index (χ1) is 7.65. The Morgan fingerprint density at radius 1 is 1.50 bits per heavy atom. The molecule has 0 spiro atoms. The molecule has 1 fully saturated rings. The molecule has 0 aromatic carbocycles. The van der Waals surface area contributed by atoms with E-state index in [0.29, 0.717) is 6.42 Å². The summed E-state index contributed by atoms with van der Waals surface area (Å²) in [5.74, 6) is 0.284. The van der Waals surface area contributed by atoms with Gasteiger partial charge in [-0.15, -0.1) is 0 Å². The van der Waals surface area contributed by atoms with E-state index in [1.54, 1.807) is 0 Å². The third kappa shape index (κ3) is 4.12. The summed E-state index contributed by atoms with van der Waals surface area (Å²) in [7, 11) is 0. The van der Waals surface area contributed by atoms with Crippen LogP contribution in [0.15, 0.2) is 0 Å². The minimum Gasteiger partial charge on any atom is -0.393 e. The first-order valence-corrected chi connectivity index (χ1v) is 6.62. The van der Waals surface area contributed by atoms with Gasteiger partial charge in [0.15, 0.2) is 0 Å². The number of rotatable bonds is 5. The molecular formula is C13H25NO2. The van der Waals surface area contributed by atoms with Gasteiger partial charge in [0.05, 0.1) is 6.10 Å². The van der Waals surface area contributed by atoms with E-state index >= 15 is 0 Å². The molecule has 3 heteroatoms. The van der Waals surface area contributed by atoms with Crippen molar-refractivity contribution in [3.63, 3.8) is 0 Å². The lowest BCUT2D eigenvalue weighted by Gasteiger charge is -2.36. The van der Waals surface area contributed by atoms with Gasteiger partial charge in [0.1, 0.15) is 0 Å². The summed E-state index contributed by atoms with van der Waals surface area (Å²) < 4.78 is 0. The number of hydrogen-bond acceptors (Lipinski definition) is 2. The van der Waals surface area contributed by atoms with E-state index in [1.807, 2.05) is 11.8 Å². The van der Waals surface area contributed by atoms with Crippen LogP contribution in [-0.4, -0.2) is 34.6 Å². The molecule has 1 aliphatic heterocycles.